The van der Waals surface area contributed by atoms with E-state index in [1.165, 1.54) is 0 Å². The molecule has 0 aliphatic carbocycles. The number of rotatable bonds is 2. The Hall–Kier alpha value is -2.00. The van der Waals surface area contributed by atoms with Crippen molar-refractivity contribution in [3.8, 4) is 6.07 Å². The quantitative estimate of drug-likeness (QED) is 0.906. The highest BCUT2D eigenvalue weighted by atomic mass is 32.2. The van der Waals surface area contributed by atoms with Crippen LogP contribution < -0.4 is 5.32 Å². The molecule has 0 spiro atoms. The maximum atomic E-state index is 12.4. The molecule has 1 N–H and O–H groups in total. The molecule has 3 rings (SSSR count). The van der Waals surface area contributed by atoms with Crippen LogP contribution in [0.25, 0.3) is 0 Å². The first-order chi connectivity index (χ1) is 10.0. The van der Waals surface area contributed by atoms with Crippen LogP contribution in [0.4, 0.5) is 5.69 Å². The van der Waals surface area contributed by atoms with E-state index in [4.69, 9.17) is 5.26 Å². The first-order valence-electron chi connectivity index (χ1n) is 6.81. The average molecular weight is 301 g/mol. The van der Waals surface area contributed by atoms with Gasteiger partial charge in [0.2, 0.25) is 11.8 Å². The van der Waals surface area contributed by atoms with Crippen molar-refractivity contribution in [1.29, 1.82) is 5.26 Å². The van der Waals surface area contributed by atoms with Gasteiger partial charge in [-0.15, -0.1) is 11.8 Å². The molecule has 5 nitrogen and oxygen atoms in total. The molecule has 108 valence electrons. The lowest BCUT2D eigenvalue weighted by molar-refractivity contribution is -0.135. The zero-order chi connectivity index (χ0) is 15.0. The van der Waals surface area contributed by atoms with Crippen LogP contribution in [0, 0.1) is 11.3 Å². The van der Waals surface area contributed by atoms with Crippen LogP contribution in [0.3, 0.4) is 0 Å². The fraction of sp³-hybridized carbons (Fsp3) is 0.400. The van der Waals surface area contributed by atoms with Crippen LogP contribution >= 0.6 is 11.8 Å². The summed E-state index contributed by atoms with van der Waals surface area (Å²) in [7, 11) is 0. The molecule has 0 bridgehead atoms. The smallest absolute Gasteiger partial charge is 0.248 e. The molecule has 0 saturated carbocycles. The van der Waals surface area contributed by atoms with Crippen molar-refractivity contribution in [2.24, 2.45) is 0 Å². The van der Waals surface area contributed by atoms with E-state index in [1.54, 1.807) is 40.9 Å². The molecule has 2 aliphatic heterocycles. The Kier molecular flexibility index (Phi) is 3.38. The molecule has 2 saturated heterocycles. The van der Waals surface area contributed by atoms with Gasteiger partial charge in [0.1, 0.15) is 6.04 Å². The minimum Gasteiger partial charge on any atom is -0.324 e. The van der Waals surface area contributed by atoms with Gasteiger partial charge in [0, 0.05) is 17.9 Å². The Balaban J connectivity index is 1.74. The molecule has 6 heteroatoms. The number of hydrogen-bond acceptors (Lipinski definition) is 4. The number of nitrogens with zero attached hydrogens (tertiary/aromatic N) is 2. The first kappa shape index (κ1) is 14.0. The van der Waals surface area contributed by atoms with Gasteiger partial charge in [-0.25, -0.2) is 0 Å². The standard InChI is InChI=1S/C15H15N3O2S/c1-15-7-6-13(19)18(15)12(9-21-15)14(20)17-11-4-2-10(8-16)3-5-11/h2-5,12H,6-7,9H2,1H3,(H,17,20)/t12-,15-/m1/s1. The Morgan fingerprint density at radius 2 is 2.19 bits per heavy atom. The second-order valence-electron chi connectivity index (χ2n) is 5.44. The van der Waals surface area contributed by atoms with Crippen LogP contribution in [0.15, 0.2) is 24.3 Å². The largest absolute Gasteiger partial charge is 0.324 e. The summed E-state index contributed by atoms with van der Waals surface area (Å²) in [6, 6.07) is 8.33. The third kappa shape index (κ3) is 2.38. The summed E-state index contributed by atoms with van der Waals surface area (Å²) < 4.78 is 0. The Bertz CT molecular complexity index is 637. The third-order valence-electron chi connectivity index (χ3n) is 4.03. The highest BCUT2D eigenvalue weighted by molar-refractivity contribution is 8.01. The summed E-state index contributed by atoms with van der Waals surface area (Å²) >= 11 is 1.67. The highest BCUT2D eigenvalue weighted by Crippen LogP contribution is 2.47. The number of hydrogen-bond donors (Lipinski definition) is 1. The molecule has 0 unspecified atom stereocenters. The molecule has 0 radical (unpaired) electrons. The monoisotopic (exact) mass is 301 g/mol. The van der Waals surface area contributed by atoms with Gasteiger partial charge in [-0.2, -0.15) is 5.26 Å². The van der Waals surface area contributed by atoms with E-state index < -0.39 is 6.04 Å². The van der Waals surface area contributed by atoms with Crippen LogP contribution in [0.1, 0.15) is 25.3 Å². The molecule has 2 heterocycles. The maximum Gasteiger partial charge on any atom is 0.248 e. The summed E-state index contributed by atoms with van der Waals surface area (Å²) in [6.07, 6.45) is 1.32. The van der Waals surface area contributed by atoms with Gasteiger partial charge in [0.05, 0.1) is 16.5 Å². The van der Waals surface area contributed by atoms with Gasteiger partial charge in [0.25, 0.3) is 0 Å². The predicted octanol–water partition coefficient (Wildman–Crippen LogP) is 1.95. The van der Waals surface area contributed by atoms with Crippen molar-refractivity contribution in [2.45, 2.75) is 30.7 Å². The lowest BCUT2D eigenvalue weighted by Gasteiger charge is -2.29. The number of nitriles is 1. The summed E-state index contributed by atoms with van der Waals surface area (Å²) in [5, 5.41) is 11.6. The predicted molar refractivity (Wildman–Crippen MR) is 80.5 cm³/mol. The van der Waals surface area contributed by atoms with E-state index in [9.17, 15) is 9.59 Å². The molecule has 21 heavy (non-hydrogen) atoms. The molecular formula is C15H15N3O2S. The average Bonchev–Trinajstić information content (AvgIpc) is 2.97. The first-order valence-corrected chi connectivity index (χ1v) is 7.79. The molecule has 2 atom stereocenters. The van der Waals surface area contributed by atoms with E-state index in [1.807, 2.05) is 13.0 Å². The van der Waals surface area contributed by atoms with E-state index in [0.29, 0.717) is 23.4 Å². The Labute approximate surface area is 127 Å². The van der Waals surface area contributed by atoms with Crippen LogP contribution in [-0.2, 0) is 9.59 Å². The van der Waals surface area contributed by atoms with Crippen molar-refractivity contribution in [3.05, 3.63) is 29.8 Å². The highest BCUT2D eigenvalue weighted by Gasteiger charge is 2.52. The zero-order valence-electron chi connectivity index (χ0n) is 11.6. The zero-order valence-corrected chi connectivity index (χ0v) is 12.4. The van der Waals surface area contributed by atoms with Gasteiger partial charge in [-0.1, -0.05) is 0 Å². The summed E-state index contributed by atoms with van der Waals surface area (Å²) in [6.45, 7) is 2.03. The second kappa shape index (κ2) is 5.08. The molecule has 2 fully saturated rings. The van der Waals surface area contributed by atoms with Gasteiger partial charge in [0.15, 0.2) is 0 Å². The number of amides is 2. The lowest BCUT2D eigenvalue weighted by Crippen LogP contribution is -2.48. The van der Waals surface area contributed by atoms with Crippen LogP contribution in [0.5, 0.6) is 0 Å². The van der Waals surface area contributed by atoms with Crippen molar-refractivity contribution >= 4 is 29.3 Å². The number of thioether (sulfide) groups is 1. The number of carbonyl (C=O) groups is 2. The number of fused-ring (bicyclic) bond motifs is 1. The Morgan fingerprint density at radius 3 is 2.86 bits per heavy atom. The molecule has 2 aliphatic rings. The fourth-order valence-corrected chi connectivity index (χ4v) is 4.30. The van der Waals surface area contributed by atoms with Crippen LogP contribution in [-0.4, -0.2) is 33.4 Å². The summed E-state index contributed by atoms with van der Waals surface area (Å²) in [5.74, 6) is 0.526. The van der Waals surface area contributed by atoms with E-state index in [2.05, 4.69) is 5.32 Å². The molecule has 2 amide bonds. The van der Waals surface area contributed by atoms with E-state index >= 15 is 0 Å². The fourth-order valence-electron chi connectivity index (χ4n) is 2.87. The van der Waals surface area contributed by atoms with Gasteiger partial charge < -0.3 is 10.2 Å². The minimum atomic E-state index is -0.411. The molecule has 0 aromatic heterocycles. The van der Waals surface area contributed by atoms with E-state index in [-0.39, 0.29) is 16.7 Å². The van der Waals surface area contributed by atoms with Crippen LogP contribution in [0.2, 0.25) is 0 Å². The van der Waals surface area contributed by atoms with Crippen molar-refractivity contribution in [1.82, 2.24) is 4.90 Å². The van der Waals surface area contributed by atoms with Crippen molar-refractivity contribution < 1.29 is 9.59 Å². The topological polar surface area (TPSA) is 73.2 Å². The summed E-state index contributed by atoms with van der Waals surface area (Å²) in [4.78, 5) is 25.9. The molecule has 1 aromatic rings. The van der Waals surface area contributed by atoms with Gasteiger partial charge in [-0.3, -0.25) is 9.59 Å². The SMILES string of the molecule is C[C@@]12CCC(=O)N1[C@@H](C(=O)Nc1ccc(C#N)cc1)CS2. The minimum absolute atomic E-state index is 0.0579. The van der Waals surface area contributed by atoms with Gasteiger partial charge >= 0.3 is 0 Å². The van der Waals surface area contributed by atoms with E-state index in [0.717, 1.165) is 6.42 Å². The van der Waals surface area contributed by atoms with Gasteiger partial charge in [-0.05, 0) is 37.6 Å². The molecular weight excluding hydrogens is 286 g/mol. The number of carbonyl (C=O) groups excluding carboxylic acids is 2. The number of nitrogens with one attached hydrogen (secondary N) is 1. The lowest BCUT2D eigenvalue weighted by atomic mass is 10.2. The summed E-state index contributed by atoms with van der Waals surface area (Å²) in [5.41, 5.74) is 1.19. The van der Waals surface area contributed by atoms with Crippen molar-refractivity contribution in [2.75, 3.05) is 11.1 Å². The Morgan fingerprint density at radius 1 is 1.48 bits per heavy atom. The number of benzene rings is 1. The molecule has 1 aromatic carbocycles. The normalized spacial score (nSPS) is 27.3. The third-order valence-corrected chi connectivity index (χ3v) is 5.53. The van der Waals surface area contributed by atoms with Crippen molar-refractivity contribution in [3.63, 3.8) is 0 Å². The second-order valence-corrected chi connectivity index (χ2v) is 6.95. The maximum absolute atomic E-state index is 12.4. The number of anilines is 1.